The Morgan fingerprint density at radius 2 is 1.95 bits per heavy atom. The van der Waals surface area contributed by atoms with Gasteiger partial charge in [-0.15, -0.1) is 0 Å². The maximum atomic E-state index is 12.8. The van der Waals surface area contributed by atoms with E-state index in [-0.39, 0.29) is 11.6 Å². The van der Waals surface area contributed by atoms with Crippen molar-refractivity contribution in [3.05, 3.63) is 35.6 Å². The second-order valence-corrected chi connectivity index (χ2v) is 5.28. The monoisotopic (exact) mass is 276 g/mol. The third-order valence-corrected chi connectivity index (χ3v) is 2.98. The molecule has 1 aromatic rings. The standard InChI is InChI=1S/C16H21FN2O/c1-13(2)12-19(10-3-9-18)11-8-16(20)14-4-6-15(17)7-5-14/h4-7,13H,3,8,10-12H2,1-2H3. The lowest BCUT2D eigenvalue weighted by Crippen LogP contribution is -2.31. The molecule has 3 nitrogen and oxygen atoms in total. The van der Waals surface area contributed by atoms with Gasteiger partial charge in [-0.1, -0.05) is 13.8 Å². The fourth-order valence-electron chi connectivity index (χ4n) is 2.06. The molecule has 0 spiro atoms. The van der Waals surface area contributed by atoms with Crippen LogP contribution in [0.1, 0.15) is 37.0 Å². The molecule has 0 aliphatic heterocycles. The molecule has 20 heavy (non-hydrogen) atoms. The maximum Gasteiger partial charge on any atom is 0.164 e. The van der Waals surface area contributed by atoms with Gasteiger partial charge in [-0.2, -0.15) is 5.26 Å². The number of halogens is 1. The van der Waals surface area contributed by atoms with Crippen LogP contribution in [-0.2, 0) is 0 Å². The molecule has 0 aliphatic rings. The molecule has 0 heterocycles. The van der Waals surface area contributed by atoms with Gasteiger partial charge in [-0.3, -0.25) is 4.79 Å². The molecule has 108 valence electrons. The van der Waals surface area contributed by atoms with Crippen molar-refractivity contribution in [1.29, 1.82) is 5.26 Å². The Morgan fingerprint density at radius 1 is 1.30 bits per heavy atom. The van der Waals surface area contributed by atoms with Crippen LogP contribution in [0.15, 0.2) is 24.3 Å². The zero-order valence-electron chi connectivity index (χ0n) is 12.1. The summed E-state index contributed by atoms with van der Waals surface area (Å²) in [5.74, 6) is 0.169. The van der Waals surface area contributed by atoms with E-state index >= 15 is 0 Å². The SMILES string of the molecule is CC(C)CN(CCC#N)CCC(=O)c1ccc(F)cc1. The fourth-order valence-corrected chi connectivity index (χ4v) is 2.06. The summed E-state index contributed by atoms with van der Waals surface area (Å²) < 4.78 is 12.8. The molecule has 0 unspecified atom stereocenters. The summed E-state index contributed by atoms with van der Waals surface area (Å²) >= 11 is 0. The van der Waals surface area contributed by atoms with Crippen molar-refractivity contribution in [2.45, 2.75) is 26.7 Å². The van der Waals surface area contributed by atoms with Gasteiger partial charge in [0.15, 0.2) is 5.78 Å². The first kappa shape index (κ1) is 16.3. The van der Waals surface area contributed by atoms with E-state index in [2.05, 4.69) is 24.8 Å². The Balaban J connectivity index is 2.51. The van der Waals surface area contributed by atoms with Crippen molar-refractivity contribution >= 4 is 5.78 Å². The number of ketones is 1. The lowest BCUT2D eigenvalue weighted by molar-refractivity contribution is 0.0961. The second kappa shape index (κ2) is 8.44. The first-order valence-electron chi connectivity index (χ1n) is 6.91. The van der Waals surface area contributed by atoms with Crippen LogP contribution in [0.3, 0.4) is 0 Å². The number of hydrogen-bond donors (Lipinski definition) is 0. The number of nitriles is 1. The van der Waals surface area contributed by atoms with Gasteiger partial charge in [0.2, 0.25) is 0 Å². The number of hydrogen-bond acceptors (Lipinski definition) is 3. The minimum absolute atomic E-state index is 0.00992. The van der Waals surface area contributed by atoms with E-state index < -0.39 is 0 Å². The molecule has 0 radical (unpaired) electrons. The van der Waals surface area contributed by atoms with Crippen LogP contribution in [0.2, 0.25) is 0 Å². The molecule has 0 saturated heterocycles. The molecule has 0 aromatic heterocycles. The first-order chi connectivity index (χ1) is 9.52. The number of carbonyl (C=O) groups is 1. The van der Waals surface area contributed by atoms with E-state index in [9.17, 15) is 9.18 Å². The second-order valence-electron chi connectivity index (χ2n) is 5.28. The van der Waals surface area contributed by atoms with Gasteiger partial charge in [-0.05, 0) is 30.2 Å². The first-order valence-corrected chi connectivity index (χ1v) is 6.91. The predicted octanol–water partition coefficient (Wildman–Crippen LogP) is 3.27. The lowest BCUT2D eigenvalue weighted by Gasteiger charge is -2.22. The zero-order valence-corrected chi connectivity index (χ0v) is 12.1. The topological polar surface area (TPSA) is 44.1 Å². The highest BCUT2D eigenvalue weighted by molar-refractivity contribution is 5.96. The Morgan fingerprint density at radius 3 is 2.50 bits per heavy atom. The predicted molar refractivity (Wildman–Crippen MR) is 76.9 cm³/mol. The molecule has 0 saturated carbocycles. The zero-order chi connectivity index (χ0) is 15.0. The third kappa shape index (κ3) is 5.94. The average Bonchev–Trinajstić information content (AvgIpc) is 2.41. The molecule has 0 bridgehead atoms. The van der Waals surface area contributed by atoms with Crippen molar-refractivity contribution in [2.75, 3.05) is 19.6 Å². The fraction of sp³-hybridized carbons (Fsp3) is 0.500. The highest BCUT2D eigenvalue weighted by atomic mass is 19.1. The van der Waals surface area contributed by atoms with Gasteiger partial charge >= 0.3 is 0 Å². The highest BCUT2D eigenvalue weighted by Crippen LogP contribution is 2.08. The Kier molecular flexibility index (Phi) is 6.89. The van der Waals surface area contributed by atoms with E-state index in [4.69, 9.17) is 5.26 Å². The molecule has 4 heteroatoms. The molecular formula is C16H21FN2O. The molecular weight excluding hydrogens is 255 g/mol. The molecule has 0 atom stereocenters. The minimum atomic E-state index is -0.336. The van der Waals surface area contributed by atoms with Crippen LogP contribution < -0.4 is 0 Å². The Labute approximate surface area is 120 Å². The van der Waals surface area contributed by atoms with Crippen LogP contribution in [0.4, 0.5) is 4.39 Å². The summed E-state index contributed by atoms with van der Waals surface area (Å²) in [6, 6.07) is 7.76. The van der Waals surface area contributed by atoms with Crippen LogP contribution in [0.5, 0.6) is 0 Å². The van der Waals surface area contributed by atoms with Crippen molar-refractivity contribution in [3.8, 4) is 6.07 Å². The molecule has 0 fully saturated rings. The van der Waals surface area contributed by atoms with Crippen molar-refractivity contribution in [2.24, 2.45) is 5.92 Å². The Hall–Kier alpha value is -1.73. The third-order valence-electron chi connectivity index (χ3n) is 2.98. The van der Waals surface area contributed by atoms with Crippen molar-refractivity contribution in [3.63, 3.8) is 0 Å². The van der Waals surface area contributed by atoms with Crippen LogP contribution >= 0.6 is 0 Å². The number of rotatable bonds is 8. The molecule has 0 N–H and O–H groups in total. The summed E-state index contributed by atoms with van der Waals surface area (Å²) in [5, 5.41) is 8.65. The summed E-state index contributed by atoms with van der Waals surface area (Å²) in [4.78, 5) is 14.1. The van der Waals surface area contributed by atoms with Crippen LogP contribution in [-0.4, -0.2) is 30.3 Å². The lowest BCUT2D eigenvalue weighted by atomic mass is 10.1. The minimum Gasteiger partial charge on any atom is -0.302 e. The molecule has 0 amide bonds. The van der Waals surface area contributed by atoms with Gasteiger partial charge in [0.1, 0.15) is 5.82 Å². The van der Waals surface area contributed by atoms with Crippen molar-refractivity contribution in [1.82, 2.24) is 4.90 Å². The smallest absolute Gasteiger partial charge is 0.164 e. The average molecular weight is 276 g/mol. The number of nitrogens with zero attached hydrogens (tertiary/aromatic N) is 2. The van der Waals surface area contributed by atoms with Crippen LogP contribution in [0, 0.1) is 23.1 Å². The van der Waals surface area contributed by atoms with Gasteiger partial charge in [0.05, 0.1) is 6.07 Å². The normalized spacial score (nSPS) is 10.8. The summed E-state index contributed by atoms with van der Waals surface area (Å²) in [7, 11) is 0. The van der Waals surface area contributed by atoms with E-state index in [0.29, 0.717) is 37.4 Å². The van der Waals surface area contributed by atoms with Gasteiger partial charge in [0, 0.05) is 38.0 Å². The molecule has 1 rings (SSSR count). The summed E-state index contributed by atoms with van der Waals surface area (Å²) in [6.45, 7) is 6.42. The maximum absolute atomic E-state index is 12.8. The Bertz CT molecular complexity index is 462. The molecule has 1 aromatic carbocycles. The van der Waals surface area contributed by atoms with Gasteiger partial charge in [-0.25, -0.2) is 4.39 Å². The van der Waals surface area contributed by atoms with E-state index in [0.717, 1.165) is 6.54 Å². The van der Waals surface area contributed by atoms with E-state index in [1.165, 1.54) is 24.3 Å². The highest BCUT2D eigenvalue weighted by Gasteiger charge is 2.11. The van der Waals surface area contributed by atoms with Gasteiger partial charge in [0.25, 0.3) is 0 Å². The molecule has 0 aliphatic carbocycles. The van der Waals surface area contributed by atoms with Gasteiger partial charge < -0.3 is 4.90 Å². The number of carbonyl (C=O) groups excluding carboxylic acids is 1. The summed E-state index contributed by atoms with van der Waals surface area (Å²) in [6.07, 6.45) is 0.862. The quantitative estimate of drug-likeness (QED) is 0.684. The number of Topliss-reactive ketones (excluding diaryl/α,β-unsaturated/α-hetero) is 1. The summed E-state index contributed by atoms with van der Waals surface area (Å²) in [5.41, 5.74) is 0.538. The van der Waals surface area contributed by atoms with E-state index in [1.807, 2.05) is 0 Å². The van der Waals surface area contributed by atoms with E-state index in [1.54, 1.807) is 0 Å². The van der Waals surface area contributed by atoms with Crippen molar-refractivity contribution < 1.29 is 9.18 Å². The largest absolute Gasteiger partial charge is 0.302 e. The van der Waals surface area contributed by atoms with Crippen LogP contribution in [0.25, 0.3) is 0 Å². The number of benzene rings is 1.